The summed E-state index contributed by atoms with van der Waals surface area (Å²) in [6.45, 7) is 3.79. The van der Waals surface area contributed by atoms with E-state index in [1.54, 1.807) is 19.1 Å². The second kappa shape index (κ2) is 4.55. The number of carbonyl (C=O) groups excluding carboxylic acids is 1. The van der Waals surface area contributed by atoms with Crippen molar-refractivity contribution in [1.29, 1.82) is 0 Å². The van der Waals surface area contributed by atoms with Crippen LogP contribution in [-0.4, -0.2) is 32.9 Å². The highest BCUT2D eigenvalue weighted by molar-refractivity contribution is 7.86. The number of hydrogen-bond acceptors (Lipinski definition) is 6. The van der Waals surface area contributed by atoms with E-state index in [1.807, 2.05) is 6.92 Å². The van der Waals surface area contributed by atoms with Gasteiger partial charge >= 0.3 is 5.97 Å². The van der Waals surface area contributed by atoms with Gasteiger partial charge in [-0.05, 0) is 32.4 Å². The Labute approximate surface area is 134 Å². The molecule has 3 aliphatic heterocycles. The highest BCUT2D eigenvalue weighted by Crippen LogP contribution is 2.61. The summed E-state index contributed by atoms with van der Waals surface area (Å²) in [6, 6.07) is 6.46. The second-order valence-corrected chi connectivity index (χ2v) is 8.29. The standard InChI is InChI=1S/C16H18O6S/c1-10-3-5-11(6-4-10)23(18,19)22-16-8-7-13(21-16)15(2)12(16)9-20-14(15)17/h3-6,12-13H,7-9H2,1-2H3/t12-,13+,15+,16+/m0/s1. The molecule has 0 unspecified atom stereocenters. The number of esters is 1. The maximum absolute atomic E-state index is 12.6. The van der Waals surface area contributed by atoms with Crippen molar-refractivity contribution in [3.8, 4) is 0 Å². The molecule has 0 saturated carbocycles. The number of fused-ring (bicyclic) bond motifs is 5. The largest absolute Gasteiger partial charge is 0.465 e. The van der Waals surface area contributed by atoms with Gasteiger partial charge in [0.15, 0.2) is 5.79 Å². The molecule has 3 aliphatic rings. The minimum absolute atomic E-state index is 0.0865. The molecule has 0 amide bonds. The molecule has 0 spiro atoms. The Bertz CT molecular complexity index is 770. The zero-order chi connectivity index (χ0) is 16.5. The molecular weight excluding hydrogens is 320 g/mol. The number of cyclic esters (lactones) is 1. The van der Waals surface area contributed by atoms with E-state index in [1.165, 1.54) is 12.1 Å². The lowest BCUT2D eigenvalue weighted by Gasteiger charge is -2.33. The summed E-state index contributed by atoms with van der Waals surface area (Å²) < 4.78 is 41.9. The van der Waals surface area contributed by atoms with Crippen molar-refractivity contribution in [2.45, 2.75) is 43.5 Å². The molecule has 7 heteroatoms. The normalized spacial score (nSPS) is 38.6. The SMILES string of the molecule is Cc1ccc(S(=O)(=O)O[C@@]23CC[C@@H](O2)[C@]2(C)C(=O)OC[C@H]32)cc1. The third-order valence-electron chi connectivity index (χ3n) is 5.40. The molecule has 0 aliphatic carbocycles. The third kappa shape index (κ3) is 1.93. The summed E-state index contributed by atoms with van der Waals surface area (Å²) in [6.07, 6.45) is 0.682. The molecule has 4 rings (SSSR count). The van der Waals surface area contributed by atoms with Crippen LogP contribution in [0, 0.1) is 18.3 Å². The predicted octanol–water partition coefficient (Wildman–Crippen LogP) is 1.77. The predicted molar refractivity (Wildman–Crippen MR) is 78.8 cm³/mol. The average molecular weight is 338 g/mol. The third-order valence-corrected chi connectivity index (χ3v) is 6.75. The monoisotopic (exact) mass is 338 g/mol. The van der Waals surface area contributed by atoms with Crippen molar-refractivity contribution < 1.29 is 26.9 Å². The topological polar surface area (TPSA) is 78.9 Å². The summed E-state index contributed by atoms with van der Waals surface area (Å²) in [4.78, 5) is 12.2. The minimum atomic E-state index is -3.98. The number of carbonyl (C=O) groups is 1. The highest BCUT2D eigenvalue weighted by Gasteiger charge is 2.74. The maximum atomic E-state index is 12.6. The fraction of sp³-hybridized carbons (Fsp3) is 0.562. The van der Waals surface area contributed by atoms with Gasteiger partial charge in [-0.2, -0.15) is 8.42 Å². The van der Waals surface area contributed by atoms with Crippen LogP contribution in [0.25, 0.3) is 0 Å². The number of aryl methyl sites for hydroxylation is 1. The first-order valence-electron chi connectivity index (χ1n) is 7.65. The van der Waals surface area contributed by atoms with E-state index in [4.69, 9.17) is 13.7 Å². The zero-order valence-corrected chi connectivity index (χ0v) is 13.8. The Morgan fingerprint density at radius 2 is 1.96 bits per heavy atom. The fourth-order valence-electron chi connectivity index (χ4n) is 4.00. The quantitative estimate of drug-likeness (QED) is 0.617. The van der Waals surface area contributed by atoms with Crippen molar-refractivity contribution in [1.82, 2.24) is 0 Å². The molecule has 3 saturated heterocycles. The van der Waals surface area contributed by atoms with E-state index in [0.717, 1.165) is 5.56 Å². The summed E-state index contributed by atoms with van der Waals surface area (Å²) in [5.74, 6) is -2.03. The van der Waals surface area contributed by atoms with E-state index >= 15 is 0 Å². The average Bonchev–Trinajstić information content (AvgIpc) is 3.10. The van der Waals surface area contributed by atoms with Crippen molar-refractivity contribution in [3.63, 3.8) is 0 Å². The van der Waals surface area contributed by atoms with Gasteiger partial charge in [0, 0.05) is 6.42 Å². The van der Waals surface area contributed by atoms with Crippen molar-refractivity contribution in [2.24, 2.45) is 11.3 Å². The number of hydrogen-bond donors (Lipinski definition) is 0. The Balaban J connectivity index is 1.69. The molecule has 0 radical (unpaired) electrons. The fourth-order valence-corrected chi connectivity index (χ4v) is 5.17. The van der Waals surface area contributed by atoms with Crippen LogP contribution in [0.4, 0.5) is 0 Å². The Morgan fingerprint density at radius 3 is 2.65 bits per heavy atom. The van der Waals surface area contributed by atoms with Crippen molar-refractivity contribution in [3.05, 3.63) is 29.8 Å². The van der Waals surface area contributed by atoms with Crippen LogP contribution >= 0.6 is 0 Å². The van der Waals surface area contributed by atoms with Crippen molar-refractivity contribution in [2.75, 3.05) is 6.61 Å². The first-order valence-corrected chi connectivity index (χ1v) is 9.06. The van der Waals surface area contributed by atoms with Crippen LogP contribution in [0.1, 0.15) is 25.3 Å². The smallest absolute Gasteiger partial charge is 0.315 e. The van der Waals surface area contributed by atoms with Crippen molar-refractivity contribution >= 4 is 16.1 Å². The lowest BCUT2D eigenvalue weighted by atomic mass is 9.68. The summed E-state index contributed by atoms with van der Waals surface area (Å²) in [5, 5.41) is 0. The van der Waals surface area contributed by atoms with Gasteiger partial charge in [0.05, 0.1) is 16.9 Å². The van der Waals surface area contributed by atoms with Crippen LogP contribution in [0.15, 0.2) is 29.2 Å². The van der Waals surface area contributed by atoms with Gasteiger partial charge < -0.3 is 9.47 Å². The molecule has 3 heterocycles. The molecule has 0 N–H and O–H groups in total. The summed E-state index contributed by atoms with van der Waals surface area (Å²) in [7, 11) is -3.98. The lowest BCUT2D eigenvalue weighted by Crippen LogP contribution is -2.46. The van der Waals surface area contributed by atoms with E-state index in [2.05, 4.69) is 0 Å². The van der Waals surface area contributed by atoms with E-state index < -0.39 is 27.2 Å². The molecule has 1 aromatic rings. The molecule has 0 aromatic heterocycles. The highest BCUT2D eigenvalue weighted by atomic mass is 32.2. The zero-order valence-electron chi connectivity index (χ0n) is 12.9. The number of benzene rings is 1. The Morgan fingerprint density at radius 1 is 1.26 bits per heavy atom. The van der Waals surface area contributed by atoms with E-state index in [9.17, 15) is 13.2 Å². The van der Waals surface area contributed by atoms with Crippen LogP contribution in [0.2, 0.25) is 0 Å². The molecule has 3 fully saturated rings. The summed E-state index contributed by atoms with van der Waals surface area (Å²) in [5.41, 5.74) is 0.142. The maximum Gasteiger partial charge on any atom is 0.315 e. The van der Waals surface area contributed by atoms with Crippen LogP contribution in [-0.2, 0) is 28.6 Å². The molecular formula is C16H18O6S. The van der Waals surface area contributed by atoms with Gasteiger partial charge in [-0.15, -0.1) is 0 Å². The first-order chi connectivity index (χ1) is 10.8. The van der Waals surface area contributed by atoms with Gasteiger partial charge in [0.1, 0.15) is 12.0 Å². The van der Waals surface area contributed by atoms with Gasteiger partial charge in [-0.1, -0.05) is 17.7 Å². The van der Waals surface area contributed by atoms with Gasteiger partial charge in [-0.25, -0.2) is 4.18 Å². The summed E-state index contributed by atoms with van der Waals surface area (Å²) >= 11 is 0. The molecule has 4 atom stereocenters. The van der Waals surface area contributed by atoms with Crippen LogP contribution in [0.5, 0.6) is 0 Å². The van der Waals surface area contributed by atoms with Crippen LogP contribution < -0.4 is 0 Å². The van der Waals surface area contributed by atoms with Gasteiger partial charge in [0.25, 0.3) is 10.1 Å². The molecule has 6 nitrogen and oxygen atoms in total. The van der Waals surface area contributed by atoms with E-state index in [-0.39, 0.29) is 23.6 Å². The van der Waals surface area contributed by atoms with Gasteiger partial charge in [0.2, 0.25) is 0 Å². The van der Waals surface area contributed by atoms with Crippen LogP contribution in [0.3, 0.4) is 0 Å². The Kier molecular flexibility index (Phi) is 2.99. The molecule has 124 valence electrons. The molecule has 1 aromatic carbocycles. The lowest BCUT2D eigenvalue weighted by molar-refractivity contribution is -0.166. The van der Waals surface area contributed by atoms with Gasteiger partial charge in [-0.3, -0.25) is 4.79 Å². The Hall–Kier alpha value is -1.44. The first kappa shape index (κ1) is 15.1. The number of ether oxygens (including phenoxy) is 2. The number of rotatable bonds is 3. The molecule has 2 bridgehead atoms. The minimum Gasteiger partial charge on any atom is -0.465 e. The second-order valence-electron chi connectivity index (χ2n) is 6.74. The molecule has 23 heavy (non-hydrogen) atoms. The van der Waals surface area contributed by atoms with E-state index in [0.29, 0.717) is 12.8 Å².